The quantitative estimate of drug-likeness (QED) is 0.642. The second-order valence-electron chi connectivity index (χ2n) is 7.87. The third-order valence-electron chi connectivity index (χ3n) is 4.49. The number of anilines is 1. The molecular weight excluding hydrogens is 368 g/mol. The SMILES string of the molecule is CC(C)(C)OC(=O)CN1C(=O)Cc2nnc(-c3ccccc3)n2-c2ccccc21. The first kappa shape index (κ1) is 18.9. The van der Waals surface area contributed by atoms with Crippen molar-refractivity contribution in [2.75, 3.05) is 11.4 Å². The molecule has 148 valence electrons. The van der Waals surface area contributed by atoms with Gasteiger partial charge in [-0.15, -0.1) is 10.2 Å². The highest BCUT2D eigenvalue weighted by Gasteiger charge is 2.31. The highest BCUT2D eigenvalue weighted by atomic mass is 16.6. The average molecular weight is 390 g/mol. The molecular formula is C22H22N4O3. The minimum Gasteiger partial charge on any atom is -0.459 e. The van der Waals surface area contributed by atoms with Gasteiger partial charge in [0.25, 0.3) is 0 Å². The summed E-state index contributed by atoms with van der Waals surface area (Å²) in [7, 11) is 0. The number of fused-ring (bicyclic) bond motifs is 3. The van der Waals surface area contributed by atoms with Crippen LogP contribution in [-0.4, -0.2) is 38.8 Å². The van der Waals surface area contributed by atoms with Gasteiger partial charge in [-0.1, -0.05) is 42.5 Å². The van der Waals surface area contributed by atoms with E-state index in [1.165, 1.54) is 4.90 Å². The first-order chi connectivity index (χ1) is 13.8. The Labute approximate surface area is 168 Å². The lowest BCUT2D eigenvalue weighted by Crippen LogP contribution is -2.39. The largest absolute Gasteiger partial charge is 0.459 e. The number of nitrogens with zero attached hydrogens (tertiary/aromatic N) is 4. The normalized spacial score (nSPS) is 13.5. The molecule has 0 fully saturated rings. The van der Waals surface area contributed by atoms with E-state index < -0.39 is 11.6 Å². The highest BCUT2D eigenvalue weighted by Crippen LogP contribution is 2.33. The van der Waals surface area contributed by atoms with Crippen molar-refractivity contribution in [2.45, 2.75) is 32.8 Å². The number of aromatic nitrogens is 3. The van der Waals surface area contributed by atoms with Crippen molar-refractivity contribution in [2.24, 2.45) is 0 Å². The molecule has 0 saturated carbocycles. The summed E-state index contributed by atoms with van der Waals surface area (Å²) < 4.78 is 7.32. The lowest BCUT2D eigenvalue weighted by molar-refractivity contribution is -0.153. The van der Waals surface area contributed by atoms with Crippen LogP contribution in [0, 0.1) is 0 Å². The minimum absolute atomic E-state index is 0.0390. The van der Waals surface area contributed by atoms with Gasteiger partial charge in [0.05, 0.1) is 17.8 Å². The molecule has 0 atom stereocenters. The van der Waals surface area contributed by atoms with E-state index in [-0.39, 0.29) is 18.9 Å². The molecule has 2 heterocycles. The standard InChI is InChI=1S/C22H22N4O3/c1-22(2,3)29-20(28)14-25-16-11-7-8-12-17(16)26-18(13-19(25)27)23-24-21(26)15-9-5-4-6-10-15/h4-12H,13-14H2,1-3H3. The van der Waals surface area contributed by atoms with Crippen LogP contribution in [0.25, 0.3) is 17.1 Å². The first-order valence-corrected chi connectivity index (χ1v) is 9.45. The number of esters is 1. The van der Waals surface area contributed by atoms with Crippen LogP contribution in [0.3, 0.4) is 0 Å². The van der Waals surface area contributed by atoms with Crippen LogP contribution in [0.15, 0.2) is 54.6 Å². The van der Waals surface area contributed by atoms with Crippen molar-refractivity contribution in [1.82, 2.24) is 14.8 Å². The molecule has 4 rings (SSSR count). The van der Waals surface area contributed by atoms with Crippen LogP contribution in [0.5, 0.6) is 0 Å². The summed E-state index contributed by atoms with van der Waals surface area (Å²) in [6.45, 7) is 5.25. The predicted molar refractivity (Wildman–Crippen MR) is 109 cm³/mol. The monoisotopic (exact) mass is 390 g/mol. The zero-order chi connectivity index (χ0) is 20.6. The number of carbonyl (C=O) groups excluding carboxylic acids is 2. The fourth-order valence-corrected chi connectivity index (χ4v) is 3.38. The number of rotatable bonds is 3. The van der Waals surface area contributed by atoms with E-state index in [1.807, 2.05) is 59.2 Å². The minimum atomic E-state index is -0.622. The Morgan fingerprint density at radius 1 is 1.00 bits per heavy atom. The lowest BCUT2D eigenvalue weighted by Gasteiger charge is -2.25. The summed E-state index contributed by atoms with van der Waals surface area (Å²) in [5, 5.41) is 8.59. The third-order valence-corrected chi connectivity index (χ3v) is 4.49. The van der Waals surface area contributed by atoms with Gasteiger partial charge in [0.1, 0.15) is 18.0 Å². The van der Waals surface area contributed by atoms with E-state index in [0.717, 1.165) is 11.3 Å². The Kier molecular flexibility index (Phi) is 4.66. The number of para-hydroxylation sites is 2. The number of hydrogen-bond donors (Lipinski definition) is 0. The maximum atomic E-state index is 13.0. The van der Waals surface area contributed by atoms with Gasteiger partial charge in [-0.05, 0) is 32.9 Å². The molecule has 0 saturated heterocycles. The van der Waals surface area contributed by atoms with Gasteiger partial charge in [-0.3, -0.25) is 19.1 Å². The van der Waals surface area contributed by atoms with Crippen molar-refractivity contribution in [3.63, 3.8) is 0 Å². The van der Waals surface area contributed by atoms with Gasteiger partial charge in [-0.2, -0.15) is 0 Å². The van der Waals surface area contributed by atoms with E-state index in [4.69, 9.17) is 4.74 Å². The number of hydrogen-bond acceptors (Lipinski definition) is 5. The molecule has 0 unspecified atom stereocenters. The van der Waals surface area contributed by atoms with Gasteiger partial charge in [0.2, 0.25) is 5.91 Å². The molecule has 0 bridgehead atoms. The van der Waals surface area contributed by atoms with Gasteiger partial charge in [-0.25, -0.2) is 0 Å². The molecule has 1 aliphatic rings. The lowest BCUT2D eigenvalue weighted by atomic mass is 10.2. The Morgan fingerprint density at radius 3 is 2.34 bits per heavy atom. The number of amides is 1. The summed E-state index contributed by atoms with van der Waals surface area (Å²) in [6, 6.07) is 17.1. The van der Waals surface area contributed by atoms with E-state index >= 15 is 0 Å². The van der Waals surface area contributed by atoms with Crippen LogP contribution in [0.2, 0.25) is 0 Å². The summed E-state index contributed by atoms with van der Waals surface area (Å²) >= 11 is 0. The van der Waals surface area contributed by atoms with Crippen LogP contribution in [0.1, 0.15) is 26.6 Å². The summed E-state index contributed by atoms with van der Waals surface area (Å²) in [5.41, 5.74) is 1.65. The zero-order valence-electron chi connectivity index (χ0n) is 16.6. The van der Waals surface area contributed by atoms with E-state index in [2.05, 4.69) is 10.2 Å². The molecule has 0 radical (unpaired) electrons. The predicted octanol–water partition coefficient (Wildman–Crippen LogP) is 3.17. The Bertz CT molecular complexity index is 1070. The van der Waals surface area contributed by atoms with E-state index in [1.54, 1.807) is 20.8 Å². The topological polar surface area (TPSA) is 77.3 Å². The smallest absolute Gasteiger partial charge is 0.326 e. The van der Waals surface area contributed by atoms with Gasteiger partial charge < -0.3 is 4.74 Å². The molecule has 3 aromatic rings. The van der Waals surface area contributed by atoms with E-state index in [0.29, 0.717) is 17.3 Å². The molecule has 1 amide bonds. The maximum absolute atomic E-state index is 13.0. The molecule has 1 aliphatic heterocycles. The van der Waals surface area contributed by atoms with Gasteiger partial charge in [0.15, 0.2) is 5.82 Å². The summed E-state index contributed by atoms with van der Waals surface area (Å²) in [6.07, 6.45) is 0.0390. The fourth-order valence-electron chi connectivity index (χ4n) is 3.38. The Hall–Kier alpha value is -3.48. The molecule has 29 heavy (non-hydrogen) atoms. The second kappa shape index (κ2) is 7.16. The molecule has 0 spiro atoms. The highest BCUT2D eigenvalue weighted by molar-refractivity contribution is 6.01. The molecule has 0 N–H and O–H groups in total. The number of carbonyl (C=O) groups is 2. The van der Waals surface area contributed by atoms with Crippen LogP contribution >= 0.6 is 0 Å². The second-order valence-corrected chi connectivity index (χ2v) is 7.87. The average Bonchev–Trinajstić information content (AvgIpc) is 3.04. The van der Waals surface area contributed by atoms with Crippen molar-refractivity contribution in [3.8, 4) is 17.1 Å². The zero-order valence-corrected chi connectivity index (χ0v) is 16.6. The van der Waals surface area contributed by atoms with Crippen molar-refractivity contribution < 1.29 is 14.3 Å². The van der Waals surface area contributed by atoms with Crippen molar-refractivity contribution in [3.05, 3.63) is 60.4 Å². The van der Waals surface area contributed by atoms with E-state index in [9.17, 15) is 9.59 Å². The Balaban J connectivity index is 1.79. The number of ether oxygens (including phenoxy) is 1. The van der Waals surface area contributed by atoms with Crippen molar-refractivity contribution in [1.29, 1.82) is 0 Å². The van der Waals surface area contributed by atoms with Crippen LogP contribution in [-0.2, 0) is 20.7 Å². The molecule has 1 aromatic heterocycles. The van der Waals surface area contributed by atoms with Crippen LogP contribution in [0.4, 0.5) is 5.69 Å². The molecule has 7 heteroatoms. The van der Waals surface area contributed by atoms with Crippen LogP contribution < -0.4 is 4.90 Å². The molecule has 0 aliphatic carbocycles. The Morgan fingerprint density at radius 2 is 1.66 bits per heavy atom. The maximum Gasteiger partial charge on any atom is 0.326 e. The van der Waals surface area contributed by atoms with Gasteiger partial charge in [0, 0.05) is 5.56 Å². The third kappa shape index (κ3) is 3.76. The van der Waals surface area contributed by atoms with Crippen molar-refractivity contribution >= 4 is 17.6 Å². The number of benzene rings is 2. The first-order valence-electron chi connectivity index (χ1n) is 9.45. The van der Waals surface area contributed by atoms with Gasteiger partial charge >= 0.3 is 5.97 Å². The fraction of sp³-hybridized carbons (Fsp3) is 0.273. The summed E-state index contributed by atoms with van der Waals surface area (Å²) in [5.74, 6) is 0.503. The summed E-state index contributed by atoms with van der Waals surface area (Å²) in [4.78, 5) is 26.9. The molecule has 2 aromatic carbocycles. The molecule has 7 nitrogen and oxygen atoms in total.